The zero-order valence-corrected chi connectivity index (χ0v) is 13.2. The quantitative estimate of drug-likeness (QED) is 0.360. The Hall–Kier alpha value is -0.690. The molecule has 0 saturated heterocycles. The van der Waals surface area contributed by atoms with Crippen molar-refractivity contribution in [3.63, 3.8) is 0 Å². The van der Waals surface area contributed by atoms with Gasteiger partial charge in [0.2, 0.25) is 0 Å². The number of hydrazine groups is 1. The minimum Gasteiger partial charge on any atom is -0.469 e. The summed E-state index contributed by atoms with van der Waals surface area (Å²) in [5.41, 5.74) is 2.44. The van der Waals surface area contributed by atoms with E-state index in [1.807, 2.05) is 0 Å². The number of ether oxygens (including phenoxy) is 1. The molecule has 110 valence electrons. The number of nitrogens with two attached hydrogens (primary N) is 1. The Bertz CT molecular complexity index is 524. The number of anilines is 1. The van der Waals surface area contributed by atoms with Crippen LogP contribution in [0, 0.1) is 5.41 Å². The van der Waals surface area contributed by atoms with Crippen LogP contribution in [-0.4, -0.2) is 23.8 Å². The Labute approximate surface area is 131 Å². The average Bonchev–Trinajstić information content (AvgIpc) is 3.17. The van der Waals surface area contributed by atoms with Gasteiger partial charge in [-0.2, -0.15) is 0 Å². The summed E-state index contributed by atoms with van der Waals surface area (Å²) in [5.74, 6) is 6.31. The third-order valence-corrected chi connectivity index (χ3v) is 5.28. The Kier molecular flexibility index (Phi) is 5.01. The van der Waals surface area contributed by atoms with Gasteiger partial charge in [-0.05, 0) is 24.3 Å². The molecule has 0 amide bonds. The Morgan fingerprint density at radius 1 is 1.55 bits per heavy atom. The van der Waals surface area contributed by atoms with E-state index in [4.69, 9.17) is 33.8 Å². The van der Waals surface area contributed by atoms with E-state index < -0.39 is 0 Å². The van der Waals surface area contributed by atoms with Crippen molar-refractivity contribution in [1.82, 2.24) is 4.98 Å². The summed E-state index contributed by atoms with van der Waals surface area (Å²) in [6.45, 7) is 0. The first-order valence-corrected chi connectivity index (χ1v) is 7.76. The molecule has 0 aromatic carbocycles. The molecule has 0 radical (unpaired) electrons. The van der Waals surface area contributed by atoms with Crippen molar-refractivity contribution in [2.24, 2.45) is 11.3 Å². The fourth-order valence-electron chi connectivity index (χ4n) is 1.80. The van der Waals surface area contributed by atoms with E-state index in [1.165, 1.54) is 18.9 Å². The number of esters is 1. The molecule has 1 heterocycles. The maximum atomic E-state index is 11.4. The molecular weight excluding hydrogens is 321 g/mol. The van der Waals surface area contributed by atoms with Crippen LogP contribution >= 0.6 is 35.0 Å². The van der Waals surface area contributed by atoms with E-state index >= 15 is 0 Å². The number of carbonyl (C=O) groups excluding carboxylic acids is 1. The van der Waals surface area contributed by atoms with Crippen molar-refractivity contribution in [3.8, 4) is 0 Å². The van der Waals surface area contributed by atoms with Gasteiger partial charge in [-0.3, -0.25) is 4.79 Å². The molecule has 1 aliphatic carbocycles. The van der Waals surface area contributed by atoms with Crippen molar-refractivity contribution in [3.05, 3.63) is 16.1 Å². The molecule has 1 aliphatic rings. The Balaban J connectivity index is 2.02. The van der Waals surface area contributed by atoms with Gasteiger partial charge in [-0.15, -0.1) is 11.8 Å². The molecular formula is C12H15Cl2N3O2S. The predicted octanol–water partition coefficient (Wildman–Crippen LogP) is 3.11. The molecule has 1 saturated carbocycles. The van der Waals surface area contributed by atoms with Crippen LogP contribution in [-0.2, 0) is 9.53 Å². The lowest BCUT2D eigenvalue weighted by Crippen LogP contribution is -2.13. The zero-order valence-electron chi connectivity index (χ0n) is 10.9. The summed E-state index contributed by atoms with van der Waals surface area (Å²) in [5, 5.41) is 1.51. The summed E-state index contributed by atoms with van der Waals surface area (Å²) in [6.07, 6.45) is 2.47. The van der Waals surface area contributed by atoms with E-state index in [-0.39, 0.29) is 11.4 Å². The second-order valence-electron chi connectivity index (χ2n) is 4.79. The van der Waals surface area contributed by atoms with Gasteiger partial charge in [0.05, 0.1) is 23.6 Å². The lowest BCUT2D eigenvalue weighted by atomic mass is 10.1. The first-order chi connectivity index (χ1) is 9.49. The molecule has 20 heavy (non-hydrogen) atoms. The highest BCUT2D eigenvalue weighted by molar-refractivity contribution is 7.99. The number of nitrogens with zero attached hydrogens (tertiary/aromatic N) is 1. The van der Waals surface area contributed by atoms with Crippen LogP contribution in [0.3, 0.4) is 0 Å². The van der Waals surface area contributed by atoms with Crippen LogP contribution in [0.1, 0.15) is 19.3 Å². The summed E-state index contributed by atoms with van der Waals surface area (Å²) in [7, 11) is 1.41. The van der Waals surface area contributed by atoms with Gasteiger partial charge in [0, 0.05) is 5.75 Å². The molecule has 0 bridgehead atoms. The third kappa shape index (κ3) is 3.69. The van der Waals surface area contributed by atoms with Crippen molar-refractivity contribution in [2.45, 2.75) is 24.3 Å². The number of aromatic nitrogens is 1. The number of halogens is 2. The number of nitrogens with one attached hydrogen (secondary N) is 1. The van der Waals surface area contributed by atoms with Gasteiger partial charge < -0.3 is 10.2 Å². The van der Waals surface area contributed by atoms with Gasteiger partial charge in [0.15, 0.2) is 5.82 Å². The highest BCUT2D eigenvalue weighted by atomic mass is 35.5. The fourth-order valence-corrected chi connectivity index (χ4v) is 3.56. The topological polar surface area (TPSA) is 77.2 Å². The van der Waals surface area contributed by atoms with Crippen molar-refractivity contribution in [1.29, 1.82) is 0 Å². The summed E-state index contributed by atoms with van der Waals surface area (Å²) in [6, 6.07) is 1.60. The summed E-state index contributed by atoms with van der Waals surface area (Å²) < 4.78 is 4.72. The van der Waals surface area contributed by atoms with Gasteiger partial charge >= 0.3 is 5.97 Å². The lowest BCUT2D eigenvalue weighted by molar-refractivity contribution is -0.141. The van der Waals surface area contributed by atoms with Crippen LogP contribution in [0.2, 0.25) is 10.0 Å². The molecule has 1 aromatic heterocycles. The summed E-state index contributed by atoms with van der Waals surface area (Å²) in [4.78, 5) is 15.6. The van der Waals surface area contributed by atoms with E-state index in [1.54, 1.807) is 6.07 Å². The Morgan fingerprint density at radius 2 is 2.25 bits per heavy atom. The van der Waals surface area contributed by atoms with E-state index in [2.05, 4.69) is 10.4 Å². The minimum absolute atomic E-state index is 0.0126. The number of thioether (sulfide) groups is 1. The van der Waals surface area contributed by atoms with Gasteiger partial charge in [0.1, 0.15) is 5.03 Å². The predicted molar refractivity (Wildman–Crippen MR) is 81.1 cm³/mol. The maximum absolute atomic E-state index is 11.4. The first-order valence-electron chi connectivity index (χ1n) is 6.02. The van der Waals surface area contributed by atoms with Gasteiger partial charge in [-0.1, -0.05) is 23.2 Å². The molecule has 0 aliphatic heterocycles. The minimum atomic E-state index is -0.178. The number of carbonyl (C=O) groups is 1. The number of pyridine rings is 1. The zero-order chi connectivity index (χ0) is 14.8. The van der Waals surface area contributed by atoms with E-state index in [9.17, 15) is 4.79 Å². The normalized spacial score (nSPS) is 15.8. The van der Waals surface area contributed by atoms with Crippen molar-refractivity contribution in [2.75, 3.05) is 18.3 Å². The molecule has 2 rings (SSSR count). The monoisotopic (exact) mass is 335 g/mol. The van der Waals surface area contributed by atoms with Crippen LogP contribution in [0.5, 0.6) is 0 Å². The molecule has 8 heteroatoms. The van der Waals surface area contributed by atoms with E-state index in [0.29, 0.717) is 27.3 Å². The number of nitrogen functional groups attached to an aromatic ring is 1. The van der Waals surface area contributed by atoms with Crippen LogP contribution in [0.15, 0.2) is 11.1 Å². The number of methoxy groups -OCH3 is 1. The van der Waals surface area contributed by atoms with E-state index in [0.717, 1.165) is 18.6 Å². The van der Waals surface area contributed by atoms with Gasteiger partial charge in [-0.25, -0.2) is 10.8 Å². The number of hydrogen-bond acceptors (Lipinski definition) is 6. The lowest BCUT2D eigenvalue weighted by Gasteiger charge is -2.14. The number of hydrogen-bond donors (Lipinski definition) is 2. The standard InChI is InChI=1S/C12H15Cl2N3O2S/c1-19-9(18)5-12(2-3-12)6-20-11-8(14)4-7(13)10(16-11)17-15/h4H,2-3,5-6,15H2,1H3,(H,16,17). The highest BCUT2D eigenvalue weighted by Crippen LogP contribution is 2.52. The van der Waals surface area contributed by atoms with Crippen molar-refractivity contribution >= 4 is 46.8 Å². The SMILES string of the molecule is COC(=O)CC1(CSc2nc(NN)c(Cl)cc2Cl)CC1. The molecule has 0 atom stereocenters. The van der Waals surface area contributed by atoms with Crippen molar-refractivity contribution < 1.29 is 9.53 Å². The smallest absolute Gasteiger partial charge is 0.306 e. The second-order valence-corrected chi connectivity index (χ2v) is 6.57. The number of rotatable bonds is 6. The van der Waals surface area contributed by atoms with Crippen LogP contribution in [0.25, 0.3) is 0 Å². The largest absolute Gasteiger partial charge is 0.469 e. The molecule has 5 nitrogen and oxygen atoms in total. The molecule has 0 spiro atoms. The Morgan fingerprint density at radius 3 is 2.80 bits per heavy atom. The molecule has 3 N–H and O–H groups in total. The average molecular weight is 336 g/mol. The second kappa shape index (κ2) is 6.39. The highest BCUT2D eigenvalue weighted by Gasteiger charge is 2.44. The van der Waals surface area contributed by atoms with Crippen LogP contribution < -0.4 is 11.3 Å². The molecule has 0 unspecified atom stereocenters. The molecule has 1 fully saturated rings. The summed E-state index contributed by atoms with van der Waals surface area (Å²) >= 11 is 13.5. The molecule has 1 aromatic rings. The maximum Gasteiger partial charge on any atom is 0.306 e. The van der Waals surface area contributed by atoms with Gasteiger partial charge in [0.25, 0.3) is 0 Å². The fraction of sp³-hybridized carbons (Fsp3) is 0.500. The third-order valence-electron chi connectivity index (χ3n) is 3.25. The first kappa shape index (κ1) is 15.7. The van der Waals surface area contributed by atoms with Crippen LogP contribution in [0.4, 0.5) is 5.82 Å².